The third-order valence-electron chi connectivity index (χ3n) is 6.40. The molecular formula is C23H34FNO3. The van der Waals surface area contributed by atoms with Crippen LogP contribution in [0.5, 0.6) is 11.5 Å². The van der Waals surface area contributed by atoms with Gasteiger partial charge >= 0.3 is 0 Å². The fourth-order valence-electron chi connectivity index (χ4n) is 4.82. The minimum Gasteiger partial charge on any atom is -0.493 e. The highest BCUT2D eigenvalue weighted by Crippen LogP contribution is 2.44. The quantitative estimate of drug-likeness (QED) is 0.715. The van der Waals surface area contributed by atoms with Gasteiger partial charge in [-0.2, -0.15) is 0 Å². The van der Waals surface area contributed by atoms with Crippen LogP contribution in [-0.2, 0) is 11.2 Å². The van der Waals surface area contributed by atoms with Crippen molar-refractivity contribution in [3.63, 3.8) is 0 Å². The molecule has 3 aliphatic rings. The Labute approximate surface area is 168 Å². The molecule has 156 valence electrons. The maximum Gasteiger partial charge on any atom is 0.197 e. The lowest BCUT2D eigenvalue weighted by Crippen LogP contribution is -2.47. The molecule has 2 fully saturated rings. The predicted octanol–water partition coefficient (Wildman–Crippen LogP) is 4.89. The van der Waals surface area contributed by atoms with E-state index in [9.17, 15) is 0 Å². The number of ether oxygens (including phenoxy) is 3. The summed E-state index contributed by atoms with van der Waals surface area (Å²) in [7, 11) is 1.60. The molecule has 0 radical (unpaired) electrons. The van der Waals surface area contributed by atoms with Gasteiger partial charge in [0.05, 0.1) is 25.4 Å². The number of benzene rings is 1. The van der Waals surface area contributed by atoms with Crippen molar-refractivity contribution in [1.82, 2.24) is 4.90 Å². The third-order valence-corrected chi connectivity index (χ3v) is 6.40. The summed E-state index contributed by atoms with van der Waals surface area (Å²) in [6.45, 7) is 8.69. The maximum absolute atomic E-state index is 15.4. The molecule has 0 N–H and O–H groups in total. The van der Waals surface area contributed by atoms with E-state index in [4.69, 9.17) is 14.2 Å². The fourth-order valence-corrected chi connectivity index (χ4v) is 4.82. The average molecular weight is 392 g/mol. The summed E-state index contributed by atoms with van der Waals surface area (Å²) in [6, 6.07) is 2.27. The van der Waals surface area contributed by atoms with Crippen LogP contribution < -0.4 is 9.47 Å². The van der Waals surface area contributed by atoms with Gasteiger partial charge in [-0.3, -0.25) is 4.90 Å². The van der Waals surface area contributed by atoms with E-state index in [1.807, 2.05) is 6.07 Å². The summed E-state index contributed by atoms with van der Waals surface area (Å²) in [6.07, 6.45) is 6.57. The first-order valence-corrected chi connectivity index (χ1v) is 10.8. The minimum absolute atomic E-state index is 0.132. The molecule has 5 heteroatoms. The van der Waals surface area contributed by atoms with Gasteiger partial charge in [0.25, 0.3) is 0 Å². The van der Waals surface area contributed by atoms with Crippen molar-refractivity contribution in [3.8, 4) is 11.5 Å². The first-order chi connectivity index (χ1) is 13.4. The van der Waals surface area contributed by atoms with Gasteiger partial charge < -0.3 is 14.2 Å². The smallest absolute Gasteiger partial charge is 0.197 e. The SMILES string of the molecule is COc1cc2c(c(F)c1OCC1CCC1)CCN1CC(OC(C)(C)C)CCC21. The number of fused-ring (bicyclic) bond motifs is 3. The van der Waals surface area contributed by atoms with Gasteiger partial charge in [-0.15, -0.1) is 0 Å². The van der Waals surface area contributed by atoms with Crippen LogP contribution in [-0.4, -0.2) is 43.4 Å². The number of nitrogens with zero attached hydrogens (tertiary/aromatic N) is 1. The molecule has 0 bridgehead atoms. The summed E-state index contributed by atoms with van der Waals surface area (Å²) < 4.78 is 33.0. The largest absolute Gasteiger partial charge is 0.493 e. The number of halogens is 1. The van der Waals surface area contributed by atoms with E-state index < -0.39 is 0 Å². The van der Waals surface area contributed by atoms with Crippen LogP contribution in [0.2, 0.25) is 0 Å². The van der Waals surface area contributed by atoms with Gasteiger partial charge in [-0.25, -0.2) is 4.39 Å². The van der Waals surface area contributed by atoms with Crippen molar-refractivity contribution in [2.45, 2.75) is 77.0 Å². The number of hydrogen-bond donors (Lipinski definition) is 0. The number of methoxy groups -OCH3 is 1. The summed E-state index contributed by atoms with van der Waals surface area (Å²) in [4.78, 5) is 2.45. The van der Waals surface area contributed by atoms with E-state index >= 15 is 4.39 Å². The van der Waals surface area contributed by atoms with E-state index in [0.717, 1.165) is 37.1 Å². The highest BCUT2D eigenvalue weighted by atomic mass is 19.1. The van der Waals surface area contributed by atoms with E-state index in [1.54, 1.807) is 7.11 Å². The fraction of sp³-hybridized carbons (Fsp3) is 0.739. The molecule has 2 aliphatic heterocycles. The van der Waals surface area contributed by atoms with Crippen LogP contribution in [0.1, 0.15) is 70.0 Å². The molecule has 2 heterocycles. The minimum atomic E-state index is -0.207. The zero-order valence-corrected chi connectivity index (χ0v) is 17.7. The van der Waals surface area contributed by atoms with E-state index in [0.29, 0.717) is 30.4 Å². The number of rotatable bonds is 5. The Morgan fingerprint density at radius 1 is 1.18 bits per heavy atom. The number of hydrogen-bond acceptors (Lipinski definition) is 4. The van der Waals surface area contributed by atoms with Gasteiger partial charge in [0.2, 0.25) is 0 Å². The van der Waals surface area contributed by atoms with Crippen molar-refractivity contribution in [3.05, 3.63) is 23.0 Å². The Morgan fingerprint density at radius 2 is 1.96 bits per heavy atom. The van der Waals surface area contributed by atoms with Crippen LogP contribution in [0.25, 0.3) is 0 Å². The third kappa shape index (κ3) is 4.02. The van der Waals surface area contributed by atoms with Gasteiger partial charge in [0.1, 0.15) is 0 Å². The Balaban J connectivity index is 1.54. The van der Waals surface area contributed by atoms with Crippen molar-refractivity contribution >= 4 is 0 Å². The monoisotopic (exact) mass is 391 g/mol. The van der Waals surface area contributed by atoms with Crippen molar-refractivity contribution < 1.29 is 18.6 Å². The molecule has 1 aromatic rings. The molecule has 4 nitrogen and oxygen atoms in total. The molecule has 1 saturated carbocycles. The molecular weight excluding hydrogens is 357 g/mol. The van der Waals surface area contributed by atoms with E-state index in [-0.39, 0.29) is 23.6 Å². The predicted molar refractivity (Wildman–Crippen MR) is 108 cm³/mol. The molecule has 1 aromatic carbocycles. The second kappa shape index (κ2) is 7.83. The second-order valence-corrected chi connectivity index (χ2v) is 9.59. The van der Waals surface area contributed by atoms with Crippen molar-refractivity contribution in [1.29, 1.82) is 0 Å². The molecule has 0 aromatic heterocycles. The summed E-state index contributed by atoms with van der Waals surface area (Å²) >= 11 is 0. The van der Waals surface area contributed by atoms with Crippen LogP contribution in [0.15, 0.2) is 6.07 Å². The Kier molecular flexibility index (Phi) is 5.58. The van der Waals surface area contributed by atoms with Gasteiger partial charge in [0.15, 0.2) is 17.3 Å². The van der Waals surface area contributed by atoms with Crippen molar-refractivity contribution in [2.75, 3.05) is 26.8 Å². The molecule has 0 amide bonds. The average Bonchev–Trinajstić information content (AvgIpc) is 2.60. The topological polar surface area (TPSA) is 30.9 Å². The zero-order chi connectivity index (χ0) is 19.9. The standard InChI is InChI=1S/C23H34FNO3/c1-23(2,3)28-16-8-9-19-18-12-20(26-4)22(27-14-15-6-5-7-15)21(24)17(18)10-11-25(19)13-16/h12,15-16,19H,5-11,13-14H2,1-4H3. The molecule has 1 saturated heterocycles. The molecule has 28 heavy (non-hydrogen) atoms. The summed E-state index contributed by atoms with van der Waals surface area (Å²) in [5.74, 6) is 1.20. The number of piperidine rings is 1. The highest BCUT2D eigenvalue weighted by molar-refractivity contribution is 5.51. The van der Waals surface area contributed by atoms with Crippen LogP contribution >= 0.6 is 0 Å². The lowest BCUT2D eigenvalue weighted by atomic mass is 9.85. The molecule has 2 unspecified atom stereocenters. The van der Waals surface area contributed by atoms with Gasteiger partial charge in [0, 0.05) is 19.1 Å². The van der Waals surface area contributed by atoms with Gasteiger partial charge in [-0.05, 0) is 76.0 Å². The Morgan fingerprint density at radius 3 is 2.61 bits per heavy atom. The molecule has 4 rings (SSSR count). The highest BCUT2D eigenvalue weighted by Gasteiger charge is 2.37. The molecule has 0 spiro atoms. The first kappa shape index (κ1) is 20.0. The lowest BCUT2D eigenvalue weighted by Gasteiger charge is -2.45. The van der Waals surface area contributed by atoms with Gasteiger partial charge in [-0.1, -0.05) is 6.42 Å². The molecule has 1 aliphatic carbocycles. The lowest BCUT2D eigenvalue weighted by molar-refractivity contribution is -0.0972. The first-order valence-electron chi connectivity index (χ1n) is 10.8. The Bertz CT molecular complexity index is 711. The Hall–Kier alpha value is -1.33. The second-order valence-electron chi connectivity index (χ2n) is 9.59. The normalized spacial score (nSPS) is 25.6. The molecule has 2 atom stereocenters. The van der Waals surface area contributed by atoms with Crippen LogP contribution in [0, 0.1) is 11.7 Å². The van der Waals surface area contributed by atoms with Crippen LogP contribution in [0.3, 0.4) is 0 Å². The summed E-state index contributed by atoms with van der Waals surface area (Å²) in [5.41, 5.74) is 1.76. The van der Waals surface area contributed by atoms with Crippen LogP contribution in [0.4, 0.5) is 4.39 Å². The van der Waals surface area contributed by atoms with Crippen molar-refractivity contribution in [2.24, 2.45) is 5.92 Å². The van der Waals surface area contributed by atoms with E-state index in [2.05, 4.69) is 25.7 Å². The maximum atomic E-state index is 15.4. The van der Waals surface area contributed by atoms with E-state index in [1.165, 1.54) is 19.3 Å². The summed E-state index contributed by atoms with van der Waals surface area (Å²) in [5, 5.41) is 0. The zero-order valence-electron chi connectivity index (χ0n) is 17.7.